The monoisotopic (exact) mass is 497 g/mol. The van der Waals surface area contributed by atoms with Gasteiger partial charge in [0.2, 0.25) is 0 Å². The molecule has 3 aromatic rings. The fourth-order valence-corrected chi connectivity index (χ4v) is 5.15. The summed E-state index contributed by atoms with van der Waals surface area (Å²) in [5.74, 6) is -0.000876. The van der Waals surface area contributed by atoms with Gasteiger partial charge in [0.05, 0.1) is 29.5 Å². The van der Waals surface area contributed by atoms with E-state index in [1.54, 1.807) is 56.8 Å². The summed E-state index contributed by atoms with van der Waals surface area (Å²) in [5, 5.41) is 0.463. The van der Waals surface area contributed by atoms with E-state index < -0.39 is 12.0 Å². The molecular formula is C25H24ClN3O4S. The smallest absolute Gasteiger partial charge is 0.338 e. The lowest BCUT2D eigenvalue weighted by Gasteiger charge is -2.27. The minimum absolute atomic E-state index is 0.201. The first-order chi connectivity index (χ1) is 16.5. The molecule has 1 aromatic carbocycles. The molecule has 0 radical (unpaired) electrons. The highest BCUT2D eigenvalue weighted by atomic mass is 35.5. The van der Waals surface area contributed by atoms with Crippen LogP contribution in [0.3, 0.4) is 0 Å². The zero-order chi connectivity index (χ0) is 24.2. The molecule has 1 aliphatic rings. The topological polar surface area (TPSA) is 82.8 Å². The summed E-state index contributed by atoms with van der Waals surface area (Å²) in [6.07, 6.45) is 6.46. The van der Waals surface area contributed by atoms with Crippen molar-refractivity contribution in [3.63, 3.8) is 0 Å². The fraction of sp³-hybridized carbons (Fsp3) is 0.280. The van der Waals surface area contributed by atoms with E-state index in [0.717, 1.165) is 12.0 Å². The number of ether oxygens (including phenoxy) is 2. The van der Waals surface area contributed by atoms with Crippen molar-refractivity contribution in [2.45, 2.75) is 32.7 Å². The number of esters is 1. The summed E-state index contributed by atoms with van der Waals surface area (Å²) >= 11 is 7.62. The number of rotatable bonds is 7. The number of hydrogen-bond acceptors (Lipinski definition) is 7. The van der Waals surface area contributed by atoms with Crippen LogP contribution >= 0.6 is 22.9 Å². The van der Waals surface area contributed by atoms with Gasteiger partial charge in [-0.15, -0.1) is 0 Å². The van der Waals surface area contributed by atoms with E-state index in [9.17, 15) is 9.59 Å². The number of hydrogen-bond donors (Lipinski definition) is 0. The molecule has 1 atom stereocenters. The Morgan fingerprint density at radius 2 is 2.12 bits per heavy atom. The fourth-order valence-electron chi connectivity index (χ4n) is 3.95. The lowest BCUT2D eigenvalue weighted by molar-refractivity contribution is -0.139. The highest BCUT2D eigenvalue weighted by Gasteiger charge is 2.36. The van der Waals surface area contributed by atoms with Gasteiger partial charge in [-0.05, 0) is 49.2 Å². The molecule has 0 saturated carbocycles. The van der Waals surface area contributed by atoms with Gasteiger partial charge in [0.15, 0.2) is 4.80 Å². The summed E-state index contributed by atoms with van der Waals surface area (Å²) < 4.78 is 13.0. The maximum Gasteiger partial charge on any atom is 0.338 e. The van der Waals surface area contributed by atoms with E-state index in [0.29, 0.717) is 43.4 Å². The Morgan fingerprint density at radius 1 is 1.29 bits per heavy atom. The Kier molecular flexibility index (Phi) is 7.29. The Morgan fingerprint density at radius 3 is 2.79 bits per heavy atom. The number of nitrogens with zero attached hydrogens (tertiary/aromatic N) is 3. The average molecular weight is 498 g/mol. The molecule has 0 spiro atoms. The first-order valence-electron chi connectivity index (χ1n) is 10.9. The van der Waals surface area contributed by atoms with Crippen LogP contribution in [0.15, 0.2) is 63.8 Å². The molecular weight excluding hydrogens is 474 g/mol. The second-order valence-corrected chi connectivity index (χ2v) is 9.03. The molecule has 0 aliphatic carbocycles. The molecule has 3 heterocycles. The number of pyridine rings is 1. The number of aromatic nitrogens is 2. The predicted molar refractivity (Wildman–Crippen MR) is 132 cm³/mol. The molecule has 34 heavy (non-hydrogen) atoms. The molecule has 4 rings (SSSR count). The van der Waals surface area contributed by atoms with E-state index >= 15 is 0 Å². The zero-order valence-electron chi connectivity index (χ0n) is 19.1. The number of allylic oxidation sites excluding steroid dienone is 1. The Hall–Kier alpha value is -3.23. The SMILES string of the molecule is CCCC1=C(C(=O)OCC)[C@H](c2cc(Cl)ccc2OC)n2c(s/c(=C/c3cccnc3)c2=O)=N1. The van der Waals surface area contributed by atoms with Crippen LogP contribution in [-0.4, -0.2) is 29.2 Å². The first kappa shape index (κ1) is 23.9. The minimum atomic E-state index is -0.790. The van der Waals surface area contributed by atoms with Gasteiger partial charge < -0.3 is 9.47 Å². The van der Waals surface area contributed by atoms with E-state index in [2.05, 4.69) is 4.98 Å². The van der Waals surface area contributed by atoms with Crippen molar-refractivity contribution in [3.05, 3.63) is 89.8 Å². The third-order valence-electron chi connectivity index (χ3n) is 5.36. The molecule has 0 amide bonds. The van der Waals surface area contributed by atoms with Crippen LogP contribution in [0, 0.1) is 0 Å². The molecule has 7 nitrogen and oxygen atoms in total. The lowest BCUT2D eigenvalue weighted by Crippen LogP contribution is -2.40. The van der Waals surface area contributed by atoms with Crippen LogP contribution in [0.1, 0.15) is 43.9 Å². The van der Waals surface area contributed by atoms with Crippen LogP contribution in [0.2, 0.25) is 5.02 Å². The summed E-state index contributed by atoms with van der Waals surface area (Å²) in [5.41, 5.74) is 2.04. The summed E-state index contributed by atoms with van der Waals surface area (Å²) in [7, 11) is 1.54. The van der Waals surface area contributed by atoms with E-state index in [1.807, 2.05) is 13.0 Å². The normalized spacial score (nSPS) is 15.6. The van der Waals surface area contributed by atoms with Gasteiger partial charge in [-0.25, -0.2) is 9.79 Å². The Balaban J connectivity index is 2.06. The van der Waals surface area contributed by atoms with Crippen molar-refractivity contribution in [1.82, 2.24) is 9.55 Å². The Bertz CT molecular complexity index is 1430. The standard InChI is InChI=1S/C25H24ClN3O4S/c1-4-7-18-21(24(31)33-5-2)22(17-13-16(26)9-10-19(17)32-3)29-23(30)20(34-25(29)28-18)12-15-8-6-11-27-14-15/h6,8-14,22H,4-5,7H2,1-3H3/b20-12+/t22-/m0/s1. The van der Waals surface area contributed by atoms with Gasteiger partial charge in [0.1, 0.15) is 11.8 Å². The van der Waals surface area contributed by atoms with Gasteiger partial charge in [0, 0.05) is 23.0 Å². The number of benzene rings is 1. The van der Waals surface area contributed by atoms with Gasteiger partial charge in [-0.3, -0.25) is 14.3 Å². The highest BCUT2D eigenvalue weighted by Crippen LogP contribution is 2.38. The summed E-state index contributed by atoms with van der Waals surface area (Å²) in [6, 6.07) is 8.04. The van der Waals surface area contributed by atoms with Crippen LogP contribution in [0.5, 0.6) is 5.75 Å². The van der Waals surface area contributed by atoms with Crippen LogP contribution < -0.4 is 19.6 Å². The number of carbonyl (C=O) groups is 1. The van der Waals surface area contributed by atoms with Crippen molar-refractivity contribution < 1.29 is 14.3 Å². The van der Waals surface area contributed by atoms with Gasteiger partial charge in [-0.1, -0.05) is 42.3 Å². The second-order valence-electron chi connectivity index (χ2n) is 7.59. The van der Waals surface area contributed by atoms with Gasteiger partial charge in [0.25, 0.3) is 5.56 Å². The molecule has 0 saturated heterocycles. The lowest BCUT2D eigenvalue weighted by atomic mass is 9.93. The van der Waals surface area contributed by atoms with Crippen LogP contribution in [-0.2, 0) is 9.53 Å². The van der Waals surface area contributed by atoms with Crippen molar-refractivity contribution in [1.29, 1.82) is 0 Å². The highest BCUT2D eigenvalue weighted by molar-refractivity contribution is 7.07. The third-order valence-corrected chi connectivity index (χ3v) is 6.58. The van der Waals surface area contributed by atoms with Crippen molar-refractivity contribution in [2.75, 3.05) is 13.7 Å². The van der Waals surface area contributed by atoms with Crippen molar-refractivity contribution >= 4 is 35.0 Å². The molecule has 0 unspecified atom stereocenters. The van der Waals surface area contributed by atoms with Crippen LogP contribution in [0.4, 0.5) is 0 Å². The van der Waals surface area contributed by atoms with Gasteiger partial charge >= 0.3 is 5.97 Å². The maximum atomic E-state index is 13.7. The van der Waals surface area contributed by atoms with E-state index in [4.69, 9.17) is 26.1 Å². The molecule has 1 aliphatic heterocycles. The number of halogens is 1. The van der Waals surface area contributed by atoms with E-state index in [1.165, 1.54) is 15.9 Å². The first-order valence-corrected chi connectivity index (χ1v) is 12.1. The predicted octanol–water partition coefficient (Wildman–Crippen LogP) is 3.64. The minimum Gasteiger partial charge on any atom is -0.496 e. The second kappa shape index (κ2) is 10.4. The molecule has 0 fully saturated rings. The number of methoxy groups -OCH3 is 1. The van der Waals surface area contributed by atoms with Crippen molar-refractivity contribution in [2.24, 2.45) is 4.99 Å². The quantitative estimate of drug-likeness (QED) is 0.465. The summed E-state index contributed by atoms with van der Waals surface area (Å²) in [4.78, 5) is 36.3. The molecule has 2 aromatic heterocycles. The van der Waals surface area contributed by atoms with Gasteiger partial charge in [-0.2, -0.15) is 0 Å². The molecule has 0 N–H and O–H groups in total. The zero-order valence-corrected chi connectivity index (χ0v) is 20.7. The van der Waals surface area contributed by atoms with E-state index in [-0.39, 0.29) is 12.2 Å². The largest absolute Gasteiger partial charge is 0.496 e. The molecule has 0 bridgehead atoms. The van der Waals surface area contributed by atoms with Crippen molar-refractivity contribution in [3.8, 4) is 5.75 Å². The average Bonchev–Trinajstić information content (AvgIpc) is 3.13. The number of fused-ring (bicyclic) bond motifs is 1. The maximum absolute atomic E-state index is 13.7. The number of carbonyl (C=O) groups excluding carboxylic acids is 1. The third kappa shape index (κ3) is 4.56. The summed E-state index contributed by atoms with van der Waals surface area (Å²) in [6.45, 7) is 3.96. The molecule has 9 heteroatoms. The number of thiazole rings is 1. The molecule has 176 valence electrons. The Labute approximate surface area is 205 Å². The van der Waals surface area contributed by atoms with Crippen LogP contribution in [0.25, 0.3) is 6.08 Å².